The zero-order valence-corrected chi connectivity index (χ0v) is 16.6. The van der Waals surface area contributed by atoms with E-state index in [0.717, 1.165) is 5.56 Å². The minimum Gasteiger partial charge on any atom is -0.454 e. The third-order valence-electron chi connectivity index (χ3n) is 5.53. The van der Waals surface area contributed by atoms with Crippen molar-refractivity contribution < 1.29 is 23.5 Å². The van der Waals surface area contributed by atoms with E-state index >= 15 is 0 Å². The van der Waals surface area contributed by atoms with Crippen molar-refractivity contribution in [1.82, 2.24) is 15.1 Å². The van der Waals surface area contributed by atoms with Gasteiger partial charge in [0.05, 0.1) is 0 Å². The number of nitrogens with zero attached hydrogens (tertiary/aromatic N) is 3. The maximum Gasteiger partial charge on any atom is 0.253 e. The number of hydrogen-bond acceptors (Lipinski definition) is 7. The molecule has 0 saturated carbocycles. The third kappa shape index (κ3) is 3.94. The first-order valence-corrected chi connectivity index (χ1v) is 10.0. The second-order valence-electron chi connectivity index (χ2n) is 7.44. The molecule has 0 spiro atoms. The molecule has 5 rings (SSSR count). The summed E-state index contributed by atoms with van der Waals surface area (Å²) < 4.78 is 15.8. The number of ether oxygens (including phenoxy) is 2. The summed E-state index contributed by atoms with van der Waals surface area (Å²) in [7, 11) is 0. The van der Waals surface area contributed by atoms with Crippen LogP contribution >= 0.6 is 0 Å². The van der Waals surface area contributed by atoms with Crippen LogP contribution in [0.1, 0.15) is 23.2 Å². The lowest BCUT2D eigenvalue weighted by Gasteiger charge is -2.31. The van der Waals surface area contributed by atoms with Gasteiger partial charge in [0, 0.05) is 41.9 Å². The molecule has 0 unspecified atom stereocenters. The van der Waals surface area contributed by atoms with Crippen LogP contribution in [0, 0.1) is 5.92 Å². The van der Waals surface area contributed by atoms with Crippen LogP contribution in [0.3, 0.4) is 0 Å². The summed E-state index contributed by atoms with van der Waals surface area (Å²) in [5.74, 6) is 1.47. The fourth-order valence-electron chi connectivity index (χ4n) is 3.80. The maximum atomic E-state index is 12.8. The molecule has 0 bridgehead atoms. The number of amides is 2. The molecule has 0 radical (unpaired) electrons. The Kier molecular flexibility index (Phi) is 4.99. The molecular weight excluding hydrogens is 400 g/mol. The number of carbonyl (C=O) groups is 2. The van der Waals surface area contributed by atoms with Gasteiger partial charge < -0.3 is 24.1 Å². The average molecular weight is 420 g/mol. The molecule has 2 aliphatic heterocycles. The van der Waals surface area contributed by atoms with Crippen LogP contribution in [0.25, 0.3) is 11.5 Å². The fourth-order valence-corrected chi connectivity index (χ4v) is 3.80. The fraction of sp³-hybridized carbons (Fsp3) is 0.273. The lowest BCUT2D eigenvalue weighted by Crippen LogP contribution is -2.41. The van der Waals surface area contributed by atoms with Gasteiger partial charge in [0.15, 0.2) is 11.5 Å². The van der Waals surface area contributed by atoms with Gasteiger partial charge in [0.25, 0.3) is 5.91 Å². The van der Waals surface area contributed by atoms with Crippen LogP contribution < -0.4 is 14.8 Å². The monoisotopic (exact) mass is 420 g/mol. The summed E-state index contributed by atoms with van der Waals surface area (Å²) in [6.45, 7) is 1.26. The number of fused-ring (bicyclic) bond motifs is 1. The molecule has 0 aliphatic carbocycles. The summed E-state index contributed by atoms with van der Waals surface area (Å²) in [5.41, 5.74) is 2.02. The SMILES string of the molecule is O=C(Nc1ccc2c(c1)OCO2)C1CCN(C(=O)c2ccc(-c3nnco3)cc2)CC1. The molecule has 3 heterocycles. The van der Waals surface area contributed by atoms with Gasteiger partial charge in [-0.3, -0.25) is 9.59 Å². The number of hydrogen-bond donors (Lipinski definition) is 1. The van der Waals surface area contributed by atoms with Gasteiger partial charge in [-0.15, -0.1) is 10.2 Å². The lowest BCUT2D eigenvalue weighted by molar-refractivity contribution is -0.121. The normalized spacial score (nSPS) is 15.7. The number of likely N-dealkylation sites (tertiary alicyclic amines) is 1. The van der Waals surface area contributed by atoms with E-state index < -0.39 is 0 Å². The van der Waals surface area contributed by atoms with Gasteiger partial charge >= 0.3 is 0 Å². The Morgan fingerprint density at radius 2 is 1.77 bits per heavy atom. The number of rotatable bonds is 4. The number of carbonyl (C=O) groups excluding carboxylic acids is 2. The van der Waals surface area contributed by atoms with E-state index in [1.807, 2.05) is 0 Å². The maximum absolute atomic E-state index is 12.8. The summed E-state index contributed by atoms with van der Waals surface area (Å²) in [5, 5.41) is 10.5. The van der Waals surface area contributed by atoms with Gasteiger partial charge in [0.2, 0.25) is 25.0 Å². The minimum absolute atomic E-state index is 0.0464. The number of anilines is 1. The Hall–Kier alpha value is -3.88. The van der Waals surface area contributed by atoms with E-state index in [1.54, 1.807) is 47.4 Å². The van der Waals surface area contributed by atoms with Crippen molar-refractivity contribution in [2.45, 2.75) is 12.8 Å². The van der Waals surface area contributed by atoms with Gasteiger partial charge in [0.1, 0.15) is 0 Å². The Labute approximate surface area is 178 Å². The molecule has 1 aromatic heterocycles. The predicted molar refractivity (Wildman–Crippen MR) is 110 cm³/mol. The molecule has 0 atom stereocenters. The standard InChI is InChI=1S/C22H20N4O5/c27-20(24-17-5-6-18-19(11-17)31-13-30-18)14-7-9-26(10-8-14)22(28)16-3-1-15(2-4-16)21-25-23-12-29-21/h1-6,11-12,14H,7-10,13H2,(H,24,27). The van der Waals surface area contributed by atoms with E-state index in [2.05, 4.69) is 15.5 Å². The summed E-state index contributed by atoms with van der Waals surface area (Å²) in [6.07, 6.45) is 2.49. The Morgan fingerprint density at radius 3 is 2.52 bits per heavy atom. The van der Waals surface area contributed by atoms with Crippen molar-refractivity contribution in [3.63, 3.8) is 0 Å². The number of piperidine rings is 1. The smallest absolute Gasteiger partial charge is 0.253 e. The van der Waals surface area contributed by atoms with Gasteiger partial charge in [-0.05, 0) is 49.2 Å². The predicted octanol–water partition coefficient (Wildman–Crippen LogP) is 2.96. The van der Waals surface area contributed by atoms with Crippen LogP contribution in [0.15, 0.2) is 53.3 Å². The van der Waals surface area contributed by atoms with E-state index in [1.165, 1.54) is 6.39 Å². The molecule has 2 aliphatic rings. The van der Waals surface area contributed by atoms with Gasteiger partial charge in [-0.2, -0.15) is 0 Å². The zero-order valence-electron chi connectivity index (χ0n) is 16.6. The van der Waals surface area contributed by atoms with Crippen molar-refractivity contribution in [2.75, 3.05) is 25.2 Å². The highest BCUT2D eigenvalue weighted by Crippen LogP contribution is 2.34. The molecule has 2 amide bonds. The highest BCUT2D eigenvalue weighted by atomic mass is 16.7. The largest absolute Gasteiger partial charge is 0.454 e. The highest BCUT2D eigenvalue weighted by molar-refractivity contribution is 5.95. The van der Waals surface area contributed by atoms with Crippen LogP contribution in [-0.2, 0) is 4.79 Å². The molecule has 2 aromatic carbocycles. The molecular formula is C22H20N4O5. The summed E-state index contributed by atoms with van der Waals surface area (Å²) in [6, 6.07) is 12.4. The van der Waals surface area contributed by atoms with E-state index in [0.29, 0.717) is 54.6 Å². The first kappa shape index (κ1) is 19.1. The molecule has 9 heteroatoms. The van der Waals surface area contributed by atoms with Gasteiger partial charge in [-0.25, -0.2) is 0 Å². The second kappa shape index (κ2) is 8.10. The van der Waals surface area contributed by atoms with E-state index in [9.17, 15) is 9.59 Å². The zero-order chi connectivity index (χ0) is 21.2. The minimum atomic E-state index is -0.144. The topological polar surface area (TPSA) is 107 Å². The van der Waals surface area contributed by atoms with Crippen LogP contribution in [0.4, 0.5) is 5.69 Å². The van der Waals surface area contributed by atoms with Crippen molar-refractivity contribution in [1.29, 1.82) is 0 Å². The molecule has 31 heavy (non-hydrogen) atoms. The van der Waals surface area contributed by atoms with Gasteiger partial charge in [-0.1, -0.05) is 0 Å². The molecule has 1 saturated heterocycles. The van der Waals surface area contributed by atoms with Crippen molar-refractivity contribution in [3.8, 4) is 23.0 Å². The van der Waals surface area contributed by atoms with E-state index in [-0.39, 0.29) is 24.5 Å². The molecule has 1 N–H and O–H groups in total. The third-order valence-corrected chi connectivity index (χ3v) is 5.53. The molecule has 1 fully saturated rings. The Balaban J connectivity index is 1.16. The Bertz CT molecular complexity index is 1090. The summed E-state index contributed by atoms with van der Waals surface area (Å²) in [4.78, 5) is 27.3. The quantitative estimate of drug-likeness (QED) is 0.691. The van der Waals surface area contributed by atoms with Crippen molar-refractivity contribution >= 4 is 17.5 Å². The molecule has 158 valence electrons. The Morgan fingerprint density at radius 1 is 1.00 bits per heavy atom. The van der Waals surface area contributed by atoms with E-state index in [4.69, 9.17) is 13.9 Å². The molecule has 3 aromatic rings. The number of benzene rings is 2. The van der Waals surface area contributed by atoms with Crippen LogP contribution in [0.5, 0.6) is 11.5 Å². The summed E-state index contributed by atoms with van der Waals surface area (Å²) >= 11 is 0. The number of aromatic nitrogens is 2. The van der Waals surface area contributed by atoms with Crippen molar-refractivity contribution in [3.05, 3.63) is 54.4 Å². The molecule has 9 nitrogen and oxygen atoms in total. The van der Waals surface area contributed by atoms with Crippen molar-refractivity contribution in [2.24, 2.45) is 5.92 Å². The average Bonchev–Trinajstić information content (AvgIpc) is 3.51. The second-order valence-corrected chi connectivity index (χ2v) is 7.44. The van der Waals surface area contributed by atoms with Crippen LogP contribution in [0.2, 0.25) is 0 Å². The van der Waals surface area contributed by atoms with Crippen LogP contribution in [-0.4, -0.2) is 46.8 Å². The highest BCUT2D eigenvalue weighted by Gasteiger charge is 2.28. The first-order chi connectivity index (χ1) is 15.2. The number of nitrogens with one attached hydrogen (secondary N) is 1. The first-order valence-electron chi connectivity index (χ1n) is 10.0. The lowest BCUT2D eigenvalue weighted by atomic mass is 9.95.